The number of rotatable bonds is 3. The van der Waals surface area contributed by atoms with E-state index in [4.69, 9.17) is 5.73 Å². The Labute approximate surface area is 115 Å². The van der Waals surface area contributed by atoms with Crippen LogP contribution in [0, 0.1) is 0 Å². The molecule has 2 aromatic heterocycles. The second-order valence-corrected chi connectivity index (χ2v) is 5.57. The van der Waals surface area contributed by atoms with Crippen LogP contribution >= 0.6 is 27.3 Å². The molecule has 6 nitrogen and oxygen atoms in total. The van der Waals surface area contributed by atoms with Crippen molar-refractivity contribution < 1.29 is 0 Å². The van der Waals surface area contributed by atoms with Gasteiger partial charge < -0.3 is 11.1 Å². The maximum absolute atomic E-state index is 11.6. The maximum Gasteiger partial charge on any atom is 0.329 e. The molecule has 0 amide bonds. The lowest BCUT2D eigenvalue weighted by atomic mass is 10.4. The average molecular weight is 331 g/mol. The minimum Gasteiger partial charge on any atom is -0.383 e. The Kier molecular flexibility index (Phi) is 3.58. The third-order valence-electron chi connectivity index (χ3n) is 2.43. The molecule has 0 bridgehead atoms. The molecule has 8 heteroatoms. The number of H-pyrrole nitrogens is 1. The van der Waals surface area contributed by atoms with Gasteiger partial charge in [0.1, 0.15) is 11.5 Å². The Morgan fingerprint density at radius 1 is 1.56 bits per heavy atom. The largest absolute Gasteiger partial charge is 0.383 e. The van der Waals surface area contributed by atoms with Gasteiger partial charge in [-0.2, -0.15) is 0 Å². The fraction of sp³-hybridized carbons (Fsp3) is 0.200. The van der Waals surface area contributed by atoms with Gasteiger partial charge in [0, 0.05) is 28.3 Å². The van der Waals surface area contributed by atoms with Crippen molar-refractivity contribution in [3.8, 4) is 0 Å². The topological polar surface area (TPSA) is 92.9 Å². The van der Waals surface area contributed by atoms with Crippen LogP contribution in [0.2, 0.25) is 0 Å². The van der Waals surface area contributed by atoms with E-state index >= 15 is 0 Å². The Morgan fingerprint density at radius 2 is 2.28 bits per heavy atom. The molecule has 2 rings (SSSR count). The van der Waals surface area contributed by atoms with E-state index in [2.05, 4.69) is 26.2 Å². The van der Waals surface area contributed by atoms with Gasteiger partial charge in [-0.1, -0.05) is 0 Å². The number of nitrogens with one attached hydrogen (secondary N) is 2. The first kappa shape index (κ1) is 12.9. The van der Waals surface area contributed by atoms with Crippen molar-refractivity contribution in [2.24, 2.45) is 7.05 Å². The molecule has 18 heavy (non-hydrogen) atoms. The highest BCUT2D eigenvalue weighted by molar-refractivity contribution is 9.10. The second kappa shape index (κ2) is 4.99. The number of nitrogens with two attached hydrogens (primary N) is 1. The van der Waals surface area contributed by atoms with Crippen molar-refractivity contribution in [3.05, 3.63) is 41.6 Å². The Morgan fingerprint density at radius 3 is 2.89 bits per heavy atom. The van der Waals surface area contributed by atoms with Crippen molar-refractivity contribution in [2.75, 3.05) is 11.1 Å². The highest BCUT2D eigenvalue weighted by Gasteiger charge is 2.09. The van der Waals surface area contributed by atoms with Gasteiger partial charge in [0.05, 0.1) is 0 Å². The molecular formula is C10H11BrN4O2S. The smallest absolute Gasteiger partial charge is 0.329 e. The van der Waals surface area contributed by atoms with E-state index in [-0.39, 0.29) is 11.5 Å². The number of nitrogens with zero attached hydrogens (tertiary/aromatic N) is 1. The fourth-order valence-electron chi connectivity index (χ4n) is 1.43. The summed E-state index contributed by atoms with van der Waals surface area (Å²) in [6.07, 6.45) is 0. The quantitative estimate of drug-likeness (QED) is 0.785. The molecule has 0 unspecified atom stereocenters. The second-order valence-electron chi connectivity index (χ2n) is 3.66. The summed E-state index contributed by atoms with van der Waals surface area (Å²) >= 11 is 4.91. The van der Waals surface area contributed by atoms with Crippen LogP contribution in [0.15, 0.2) is 25.5 Å². The van der Waals surface area contributed by atoms with Crippen LogP contribution in [0.4, 0.5) is 11.5 Å². The number of halogens is 1. The lowest BCUT2D eigenvalue weighted by Gasteiger charge is -2.09. The number of nitrogen functional groups attached to an aromatic ring is 1. The highest BCUT2D eigenvalue weighted by atomic mass is 79.9. The van der Waals surface area contributed by atoms with Crippen LogP contribution in [0.1, 0.15) is 4.88 Å². The average Bonchev–Trinajstić information content (AvgIpc) is 2.72. The normalized spacial score (nSPS) is 10.6. The molecule has 4 N–H and O–H groups in total. The van der Waals surface area contributed by atoms with E-state index in [0.717, 1.165) is 9.35 Å². The number of thiophene rings is 1. The monoisotopic (exact) mass is 330 g/mol. The van der Waals surface area contributed by atoms with Crippen LogP contribution in [0.25, 0.3) is 0 Å². The van der Waals surface area contributed by atoms with Gasteiger partial charge in [-0.3, -0.25) is 14.3 Å². The molecule has 0 aliphatic heterocycles. The predicted octanol–water partition coefficient (Wildman–Crippen LogP) is 1.09. The minimum absolute atomic E-state index is 0.124. The van der Waals surface area contributed by atoms with Gasteiger partial charge in [-0.15, -0.1) is 11.3 Å². The first-order chi connectivity index (χ1) is 8.49. The Hall–Kier alpha value is -1.54. The minimum atomic E-state index is -0.526. The third kappa shape index (κ3) is 2.49. The molecule has 0 saturated heterocycles. The SMILES string of the molecule is Cn1c(N)c(NCc2cc(Br)cs2)c(=O)[nH]c1=O. The standard InChI is InChI=1S/C10H11BrN4O2S/c1-15-8(12)7(9(16)14-10(15)17)13-3-6-2-5(11)4-18-6/h2,4,13H,3,12H2,1H3,(H,14,16,17). The van der Waals surface area contributed by atoms with Gasteiger partial charge in [0.15, 0.2) is 0 Å². The summed E-state index contributed by atoms with van der Waals surface area (Å²) in [4.78, 5) is 26.2. The lowest BCUT2D eigenvalue weighted by Crippen LogP contribution is -2.32. The number of hydrogen-bond acceptors (Lipinski definition) is 5. The third-order valence-corrected chi connectivity index (χ3v) is 4.13. The highest BCUT2D eigenvalue weighted by Crippen LogP contribution is 2.20. The van der Waals surface area contributed by atoms with Crippen LogP contribution < -0.4 is 22.3 Å². The van der Waals surface area contributed by atoms with Crippen molar-refractivity contribution >= 4 is 38.8 Å². The van der Waals surface area contributed by atoms with E-state index < -0.39 is 11.2 Å². The molecule has 0 aromatic carbocycles. The summed E-state index contributed by atoms with van der Waals surface area (Å²) in [6, 6.07) is 1.95. The molecule has 0 fully saturated rings. The van der Waals surface area contributed by atoms with E-state index in [1.165, 1.54) is 11.6 Å². The summed E-state index contributed by atoms with van der Waals surface area (Å²) in [7, 11) is 1.50. The Balaban J connectivity index is 2.27. The van der Waals surface area contributed by atoms with E-state index in [1.54, 1.807) is 11.3 Å². The molecular weight excluding hydrogens is 320 g/mol. The molecule has 2 heterocycles. The van der Waals surface area contributed by atoms with Crippen LogP contribution in [-0.4, -0.2) is 9.55 Å². The molecule has 2 aromatic rings. The number of anilines is 2. The summed E-state index contributed by atoms with van der Waals surface area (Å²) in [5.41, 5.74) is 4.90. The van der Waals surface area contributed by atoms with E-state index in [0.29, 0.717) is 6.54 Å². The fourth-order valence-corrected chi connectivity index (χ4v) is 2.82. The van der Waals surface area contributed by atoms with Gasteiger partial charge in [-0.25, -0.2) is 4.79 Å². The summed E-state index contributed by atoms with van der Waals surface area (Å²) in [6.45, 7) is 0.474. The van der Waals surface area contributed by atoms with Crippen molar-refractivity contribution in [3.63, 3.8) is 0 Å². The van der Waals surface area contributed by atoms with Gasteiger partial charge in [-0.05, 0) is 22.0 Å². The molecule has 0 radical (unpaired) electrons. The molecule has 0 aliphatic carbocycles. The van der Waals surface area contributed by atoms with Gasteiger partial charge in [0.25, 0.3) is 5.56 Å². The molecule has 0 spiro atoms. The zero-order chi connectivity index (χ0) is 13.3. The van der Waals surface area contributed by atoms with Crippen molar-refractivity contribution in [2.45, 2.75) is 6.54 Å². The van der Waals surface area contributed by atoms with Gasteiger partial charge >= 0.3 is 5.69 Å². The molecule has 0 saturated carbocycles. The summed E-state index contributed by atoms with van der Waals surface area (Å²) < 4.78 is 2.18. The number of hydrogen-bond donors (Lipinski definition) is 3. The van der Waals surface area contributed by atoms with Crippen LogP contribution in [0.3, 0.4) is 0 Å². The van der Waals surface area contributed by atoms with Gasteiger partial charge in [0.2, 0.25) is 0 Å². The van der Waals surface area contributed by atoms with Crippen molar-refractivity contribution in [1.82, 2.24) is 9.55 Å². The van der Waals surface area contributed by atoms with Crippen LogP contribution in [-0.2, 0) is 13.6 Å². The zero-order valence-electron chi connectivity index (χ0n) is 9.49. The lowest BCUT2D eigenvalue weighted by molar-refractivity contribution is 0.813. The summed E-state index contributed by atoms with van der Waals surface area (Å²) in [5.74, 6) is 0.124. The maximum atomic E-state index is 11.6. The number of aromatic nitrogens is 2. The summed E-state index contributed by atoms with van der Waals surface area (Å²) in [5, 5.41) is 4.89. The predicted molar refractivity (Wildman–Crippen MR) is 76.1 cm³/mol. The zero-order valence-corrected chi connectivity index (χ0v) is 11.9. The molecule has 0 atom stereocenters. The molecule has 0 aliphatic rings. The first-order valence-corrected chi connectivity index (χ1v) is 6.72. The van der Waals surface area contributed by atoms with E-state index in [9.17, 15) is 9.59 Å². The number of aromatic amines is 1. The Bertz CT molecular complexity index is 688. The first-order valence-electron chi connectivity index (χ1n) is 5.04. The molecule has 96 valence electrons. The van der Waals surface area contributed by atoms with Crippen LogP contribution in [0.5, 0.6) is 0 Å². The van der Waals surface area contributed by atoms with Crippen molar-refractivity contribution in [1.29, 1.82) is 0 Å². The van der Waals surface area contributed by atoms with E-state index in [1.807, 2.05) is 11.4 Å².